The molecule has 1 amide bonds. The third-order valence-electron chi connectivity index (χ3n) is 4.94. The van der Waals surface area contributed by atoms with Gasteiger partial charge in [-0.1, -0.05) is 6.07 Å². The van der Waals surface area contributed by atoms with Crippen molar-refractivity contribution in [2.24, 2.45) is 0 Å². The van der Waals surface area contributed by atoms with Gasteiger partial charge in [-0.3, -0.25) is 4.79 Å². The number of ether oxygens (including phenoxy) is 3. The van der Waals surface area contributed by atoms with Crippen LogP contribution in [-0.4, -0.2) is 70.0 Å². The molecule has 27 heavy (non-hydrogen) atoms. The van der Waals surface area contributed by atoms with Crippen molar-refractivity contribution < 1.29 is 19.0 Å². The van der Waals surface area contributed by atoms with Crippen molar-refractivity contribution in [2.75, 3.05) is 47.1 Å². The Balaban J connectivity index is 1.67. The molecule has 0 radical (unpaired) electrons. The molecular weight excluding hydrogens is 346 g/mol. The predicted molar refractivity (Wildman–Crippen MR) is 103 cm³/mol. The predicted octanol–water partition coefficient (Wildman–Crippen LogP) is 1.16. The number of carbonyl (C=O) groups is 1. The van der Waals surface area contributed by atoms with Gasteiger partial charge in [-0.05, 0) is 30.5 Å². The van der Waals surface area contributed by atoms with E-state index in [0.717, 1.165) is 37.9 Å². The highest BCUT2D eigenvalue weighted by Gasteiger charge is 2.36. The van der Waals surface area contributed by atoms with Crippen LogP contribution in [0.1, 0.15) is 24.8 Å². The Labute approximate surface area is 161 Å². The second-order valence-corrected chi connectivity index (χ2v) is 7.09. The molecule has 0 aromatic heterocycles. The highest BCUT2D eigenvalue weighted by molar-refractivity contribution is 5.83. The zero-order valence-corrected chi connectivity index (χ0v) is 16.3. The Morgan fingerprint density at radius 1 is 1.19 bits per heavy atom. The molecule has 150 valence electrons. The summed E-state index contributed by atoms with van der Waals surface area (Å²) in [5.41, 5.74) is 1.06. The smallest absolute Gasteiger partial charge is 0.241 e. The molecule has 1 atom stereocenters. The molecule has 1 aromatic carbocycles. The van der Waals surface area contributed by atoms with Crippen LogP contribution >= 0.6 is 0 Å². The highest BCUT2D eigenvalue weighted by Crippen LogP contribution is 2.32. The molecule has 1 unspecified atom stereocenters. The minimum Gasteiger partial charge on any atom is -0.493 e. The van der Waals surface area contributed by atoms with E-state index in [1.165, 1.54) is 0 Å². The number of nitrogens with zero attached hydrogens (tertiary/aromatic N) is 1. The Bertz CT molecular complexity index is 615. The minimum absolute atomic E-state index is 0.137. The zero-order valence-electron chi connectivity index (χ0n) is 16.3. The number of methoxy groups -OCH3 is 2. The molecular formula is C20H31N3O4. The van der Waals surface area contributed by atoms with Gasteiger partial charge >= 0.3 is 0 Å². The monoisotopic (exact) mass is 377 g/mol. The van der Waals surface area contributed by atoms with Gasteiger partial charge in [-0.15, -0.1) is 0 Å². The molecule has 1 heterocycles. The SMILES string of the molecule is COCCCOc1cc(CN(C(=O)C2CNCCN2)C2CC2)ccc1OC. The maximum Gasteiger partial charge on any atom is 0.241 e. The van der Waals surface area contributed by atoms with E-state index in [-0.39, 0.29) is 11.9 Å². The molecule has 2 aliphatic rings. The molecule has 2 fully saturated rings. The van der Waals surface area contributed by atoms with Crippen molar-refractivity contribution in [2.45, 2.75) is 37.9 Å². The van der Waals surface area contributed by atoms with Crippen LogP contribution in [0, 0.1) is 0 Å². The van der Waals surface area contributed by atoms with Gasteiger partial charge in [0.2, 0.25) is 5.91 Å². The molecule has 1 saturated heterocycles. The van der Waals surface area contributed by atoms with Crippen LogP contribution in [0.3, 0.4) is 0 Å². The van der Waals surface area contributed by atoms with Crippen molar-refractivity contribution in [1.82, 2.24) is 15.5 Å². The van der Waals surface area contributed by atoms with Crippen LogP contribution in [0.4, 0.5) is 0 Å². The van der Waals surface area contributed by atoms with Gasteiger partial charge in [0.15, 0.2) is 11.5 Å². The number of hydrogen-bond donors (Lipinski definition) is 2. The fourth-order valence-electron chi connectivity index (χ4n) is 3.32. The first-order valence-electron chi connectivity index (χ1n) is 9.76. The number of nitrogens with one attached hydrogen (secondary N) is 2. The summed E-state index contributed by atoms with van der Waals surface area (Å²) in [4.78, 5) is 15.0. The maximum atomic E-state index is 13.0. The van der Waals surface area contributed by atoms with Crippen molar-refractivity contribution in [3.63, 3.8) is 0 Å². The van der Waals surface area contributed by atoms with Crippen molar-refractivity contribution in [3.05, 3.63) is 23.8 Å². The Morgan fingerprint density at radius 2 is 2.04 bits per heavy atom. The lowest BCUT2D eigenvalue weighted by atomic mass is 10.1. The quantitative estimate of drug-likeness (QED) is 0.597. The molecule has 7 nitrogen and oxygen atoms in total. The summed E-state index contributed by atoms with van der Waals surface area (Å²) in [5, 5.41) is 6.62. The molecule has 0 spiro atoms. The summed E-state index contributed by atoms with van der Waals surface area (Å²) in [7, 11) is 3.32. The second kappa shape index (κ2) is 9.92. The zero-order chi connectivity index (χ0) is 19.1. The van der Waals surface area contributed by atoms with Gasteiger partial charge in [0.05, 0.1) is 19.8 Å². The lowest BCUT2D eigenvalue weighted by Crippen LogP contribution is -2.56. The van der Waals surface area contributed by atoms with E-state index in [1.807, 2.05) is 23.1 Å². The first-order valence-corrected chi connectivity index (χ1v) is 9.76. The van der Waals surface area contributed by atoms with Crippen molar-refractivity contribution in [1.29, 1.82) is 0 Å². The average Bonchev–Trinajstić information content (AvgIpc) is 3.55. The third-order valence-corrected chi connectivity index (χ3v) is 4.94. The number of piperazine rings is 1. The topological polar surface area (TPSA) is 72.1 Å². The molecule has 7 heteroatoms. The van der Waals surface area contributed by atoms with Crippen LogP contribution in [0.25, 0.3) is 0 Å². The third kappa shape index (κ3) is 5.57. The summed E-state index contributed by atoms with van der Waals surface area (Å²) < 4.78 is 16.3. The number of carbonyl (C=O) groups excluding carboxylic acids is 1. The largest absolute Gasteiger partial charge is 0.493 e. The molecule has 2 N–H and O–H groups in total. The van der Waals surface area contributed by atoms with E-state index in [1.54, 1.807) is 14.2 Å². The maximum absolute atomic E-state index is 13.0. The summed E-state index contributed by atoms with van der Waals surface area (Å²) >= 11 is 0. The summed E-state index contributed by atoms with van der Waals surface area (Å²) in [5.74, 6) is 1.61. The fraction of sp³-hybridized carbons (Fsp3) is 0.650. The van der Waals surface area contributed by atoms with Gasteiger partial charge in [0, 0.05) is 52.4 Å². The Morgan fingerprint density at radius 3 is 2.70 bits per heavy atom. The van der Waals surface area contributed by atoms with Crippen molar-refractivity contribution >= 4 is 5.91 Å². The van der Waals surface area contributed by atoms with Gasteiger partial charge < -0.3 is 29.7 Å². The first-order chi connectivity index (χ1) is 13.2. The molecule has 1 aromatic rings. The fourth-order valence-corrected chi connectivity index (χ4v) is 3.32. The molecule has 1 aliphatic carbocycles. The van der Waals surface area contributed by atoms with E-state index < -0.39 is 0 Å². The lowest BCUT2D eigenvalue weighted by molar-refractivity contribution is -0.134. The minimum atomic E-state index is -0.137. The molecule has 1 saturated carbocycles. The van der Waals surface area contributed by atoms with E-state index in [9.17, 15) is 4.79 Å². The molecule has 0 bridgehead atoms. The van der Waals surface area contributed by atoms with Gasteiger partial charge in [0.1, 0.15) is 0 Å². The number of hydrogen-bond acceptors (Lipinski definition) is 6. The van der Waals surface area contributed by atoms with Crippen LogP contribution < -0.4 is 20.1 Å². The second-order valence-electron chi connectivity index (χ2n) is 7.09. The van der Waals surface area contributed by atoms with Gasteiger partial charge in [-0.2, -0.15) is 0 Å². The first kappa shape index (κ1) is 19.9. The van der Waals surface area contributed by atoms with E-state index in [0.29, 0.717) is 43.8 Å². The van der Waals surface area contributed by atoms with Crippen molar-refractivity contribution in [3.8, 4) is 11.5 Å². The number of benzene rings is 1. The van der Waals surface area contributed by atoms with Crippen LogP contribution in [0.2, 0.25) is 0 Å². The van der Waals surface area contributed by atoms with Gasteiger partial charge in [0.25, 0.3) is 0 Å². The van der Waals surface area contributed by atoms with Crippen LogP contribution in [0.5, 0.6) is 11.5 Å². The van der Waals surface area contributed by atoms with E-state index >= 15 is 0 Å². The standard InChI is InChI=1S/C20H31N3O4/c1-25-10-3-11-27-19-12-15(4-7-18(19)26-2)14-23(16-5-6-16)20(24)17-13-21-8-9-22-17/h4,7,12,16-17,21-22H,3,5-6,8-11,13-14H2,1-2H3. The Kier molecular flexibility index (Phi) is 7.32. The molecule has 1 aliphatic heterocycles. The average molecular weight is 377 g/mol. The highest BCUT2D eigenvalue weighted by atomic mass is 16.5. The summed E-state index contributed by atoms with van der Waals surface area (Å²) in [6.07, 6.45) is 2.99. The molecule has 3 rings (SSSR count). The number of rotatable bonds is 10. The van der Waals surface area contributed by atoms with E-state index in [4.69, 9.17) is 14.2 Å². The summed E-state index contributed by atoms with van der Waals surface area (Å²) in [6.45, 7) is 4.26. The summed E-state index contributed by atoms with van der Waals surface area (Å²) in [6, 6.07) is 6.13. The number of amides is 1. The lowest BCUT2D eigenvalue weighted by Gasteiger charge is -2.30. The normalized spacial score (nSPS) is 19.6. The van der Waals surface area contributed by atoms with Crippen LogP contribution in [0.15, 0.2) is 18.2 Å². The Hall–Kier alpha value is -1.83. The van der Waals surface area contributed by atoms with Gasteiger partial charge in [-0.25, -0.2) is 0 Å². The van der Waals surface area contributed by atoms with E-state index in [2.05, 4.69) is 10.6 Å². The van der Waals surface area contributed by atoms with Crippen LogP contribution in [-0.2, 0) is 16.1 Å².